The molecule has 2 heterocycles. The predicted octanol–water partition coefficient (Wildman–Crippen LogP) is 3.33. The van der Waals surface area contributed by atoms with E-state index in [-0.39, 0.29) is 48.2 Å². The molecule has 8 heteroatoms. The second-order valence-corrected chi connectivity index (χ2v) is 11.4. The lowest BCUT2D eigenvalue weighted by Crippen LogP contribution is -2.55. The largest absolute Gasteiger partial charge is 0.461 e. The van der Waals surface area contributed by atoms with E-state index in [4.69, 9.17) is 14.2 Å². The van der Waals surface area contributed by atoms with Crippen molar-refractivity contribution in [2.45, 2.75) is 117 Å². The molecule has 2 rings (SSSR count). The van der Waals surface area contributed by atoms with Gasteiger partial charge in [-0.2, -0.15) is 0 Å². The fraction of sp³-hybridized carbons (Fsp3) is 0.857. The lowest BCUT2D eigenvalue weighted by atomic mass is 9.84. The Balaban J connectivity index is 2.36. The molecular weight excluding hydrogens is 462 g/mol. The summed E-state index contributed by atoms with van der Waals surface area (Å²) >= 11 is 0. The molecule has 0 spiro atoms. The van der Waals surface area contributed by atoms with Gasteiger partial charge in [-0.15, -0.1) is 0 Å². The Morgan fingerprint density at radius 3 is 2.28 bits per heavy atom. The van der Waals surface area contributed by atoms with Crippen molar-refractivity contribution < 1.29 is 34.0 Å². The molecule has 0 amide bonds. The molecule has 1 fully saturated rings. The predicted molar refractivity (Wildman–Crippen MR) is 138 cm³/mol. The molecule has 36 heavy (non-hydrogen) atoms. The normalized spacial score (nSPS) is 43.4. The van der Waals surface area contributed by atoms with Gasteiger partial charge in [0, 0.05) is 24.3 Å². The van der Waals surface area contributed by atoms with Crippen LogP contribution in [0.4, 0.5) is 0 Å². The number of Topliss-reactive ketones (excluding diaryl/α,β-unsaturated/α-hetero) is 1. The van der Waals surface area contributed by atoms with Crippen LogP contribution in [0.3, 0.4) is 0 Å². The van der Waals surface area contributed by atoms with Crippen molar-refractivity contribution in [1.29, 1.82) is 0 Å². The second kappa shape index (κ2) is 13.5. The van der Waals surface area contributed by atoms with Gasteiger partial charge in [0.2, 0.25) is 0 Å². The summed E-state index contributed by atoms with van der Waals surface area (Å²) in [5, 5.41) is 22.0. The third-order valence-corrected chi connectivity index (χ3v) is 7.97. The minimum Gasteiger partial charge on any atom is -0.461 e. The molecule has 4 unspecified atom stereocenters. The molecule has 0 bridgehead atoms. The maximum atomic E-state index is 13.2. The van der Waals surface area contributed by atoms with Gasteiger partial charge in [0.1, 0.15) is 12.2 Å². The molecule has 8 nitrogen and oxygen atoms in total. The maximum absolute atomic E-state index is 13.2. The van der Waals surface area contributed by atoms with Crippen LogP contribution in [0.2, 0.25) is 0 Å². The van der Waals surface area contributed by atoms with Crippen LogP contribution in [-0.4, -0.2) is 83.8 Å². The highest BCUT2D eigenvalue weighted by Crippen LogP contribution is 2.31. The summed E-state index contributed by atoms with van der Waals surface area (Å²) in [7, 11) is 3.83. The summed E-state index contributed by atoms with van der Waals surface area (Å²) < 4.78 is 18.1. The molecule has 0 aromatic carbocycles. The Kier molecular flexibility index (Phi) is 11.6. The van der Waals surface area contributed by atoms with Crippen LogP contribution in [0.25, 0.3) is 0 Å². The number of aliphatic hydroxyl groups is 2. The highest BCUT2D eigenvalue weighted by atomic mass is 16.7. The lowest BCUT2D eigenvalue weighted by Gasteiger charge is -2.43. The van der Waals surface area contributed by atoms with Gasteiger partial charge < -0.3 is 29.3 Å². The molecule has 0 aliphatic carbocycles. The average molecular weight is 512 g/mol. The van der Waals surface area contributed by atoms with E-state index in [2.05, 4.69) is 0 Å². The molecular formula is C28H49NO7. The first kappa shape index (κ1) is 30.9. The van der Waals surface area contributed by atoms with Crippen LogP contribution in [0.1, 0.15) is 74.1 Å². The molecule has 0 aromatic heterocycles. The summed E-state index contributed by atoms with van der Waals surface area (Å²) in [6, 6.07) is -0.132. The third kappa shape index (κ3) is 7.84. The van der Waals surface area contributed by atoms with Gasteiger partial charge in [-0.25, -0.2) is 0 Å². The molecule has 1 saturated heterocycles. The standard InChI is InChI=1S/C28H49NO7/c1-10-23-15(2)11-17(4)25(31)18(5)12-16(3)24(14-22(30)20(7)27(33)35-23)36-28-26(32)21(29(8)9)13-19(6)34-28/h11,15-16,18-24,26,28,30,32H,10,12-14H2,1-9H3/b17-11+/t15-,16+,18-,19?,20-,21?,22+,23-,24-,26?,28?/m1/s1. The number of rotatable bonds is 4. The maximum Gasteiger partial charge on any atom is 0.311 e. The van der Waals surface area contributed by atoms with Crippen LogP contribution in [0.15, 0.2) is 11.6 Å². The van der Waals surface area contributed by atoms with E-state index < -0.39 is 36.5 Å². The highest BCUT2D eigenvalue weighted by molar-refractivity contribution is 5.96. The van der Waals surface area contributed by atoms with Crippen molar-refractivity contribution in [2.75, 3.05) is 14.1 Å². The molecule has 208 valence electrons. The number of hydrogen-bond acceptors (Lipinski definition) is 8. The minimum absolute atomic E-state index is 0.0508. The number of ketones is 1. The van der Waals surface area contributed by atoms with Crippen LogP contribution < -0.4 is 0 Å². The summed E-state index contributed by atoms with van der Waals surface area (Å²) in [5.41, 5.74) is 0.660. The number of hydrogen-bond donors (Lipinski definition) is 2. The average Bonchev–Trinajstić information content (AvgIpc) is 2.81. The van der Waals surface area contributed by atoms with E-state index in [0.717, 1.165) is 0 Å². The minimum atomic E-state index is -1.01. The second-order valence-electron chi connectivity index (χ2n) is 11.4. The van der Waals surface area contributed by atoms with E-state index in [1.54, 1.807) is 6.92 Å². The number of cyclic esters (lactones) is 1. The molecule has 2 aliphatic rings. The third-order valence-electron chi connectivity index (χ3n) is 7.97. The SMILES string of the molecule is CC[C@H]1OC(=O)[C@H](C)[C@@H](O)C[C@@H](OC2OC(C)CC(N(C)C)C2O)[C@@H](C)C[C@@H](C)C(=O)/C(C)=C/[C@H]1C. The first-order valence-electron chi connectivity index (χ1n) is 13.5. The molecule has 11 atom stereocenters. The van der Waals surface area contributed by atoms with Crippen LogP contribution >= 0.6 is 0 Å². The van der Waals surface area contributed by atoms with Gasteiger partial charge in [-0.05, 0) is 65.6 Å². The molecule has 0 saturated carbocycles. The van der Waals surface area contributed by atoms with Crippen molar-refractivity contribution in [1.82, 2.24) is 4.90 Å². The fourth-order valence-corrected chi connectivity index (χ4v) is 5.46. The smallest absolute Gasteiger partial charge is 0.311 e. The number of aliphatic hydroxyl groups excluding tert-OH is 2. The number of carbonyl (C=O) groups excluding carboxylic acids is 2. The monoisotopic (exact) mass is 511 g/mol. The molecule has 2 N–H and O–H groups in total. The van der Waals surface area contributed by atoms with Crippen molar-refractivity contribution in [3.63, 3.8) is 0 Å². The van der Waals surface area contributed by atoms with Gasteiger partial charge in [0.15, 0.2) is 12.1 Å². The van der Waals surface area contributed by atoms with Gasteiger partial charge in [-0.1, -0.05) is 33.8 Å². The quantitative estimate of drug-likeness (QED) is 0.554. The van der Waals surface area contributed by atoms with E-state index in [9.17, 15) is 19.8 Å². The Hall–Kier alpha value is -1.32. The summed E-state index contributed by atoms with van der Waals surface area (Å²) in [4.78, 5) is 28.0. The van der Waals surface area contributed by atoms with E-state index >= 15 is 0 Å². The molecule has 0 radical (unpaired) electrons. The van der Waals surface area contributed by atoms with Crippen LogP contribution in [0, 0.1) is 23.7 Å². The van der Waals surface area contributed by atoms with Gasteiger partial charge in [-0.3, -0.25) is 9.59 Å². The van der Waals surface area contributed by atoms with Gasteiger partial charge >= 0.3 is 5.97 Å². The Morgan fingerprint density at radius 2 is 1.69 bits per heavy atom. The first-order valence-corrected chi connectivity index (χ1v) is 13.5. The fourth-order valence-electron chi connectivity index (χ4n) is 5.46. The van der Waals surface area contributed by atoms with E-state index in [1.807, 2.05) is 66.6 Å². The van der Waals surface area contributed by atoms with Crippen molar-refractivity contribution >= 4 is 11.8 Å². The number of nitrogens with zero attached hydrogens (tertiary/aromatic N) is 1. The summed E-state index contributed by atoms with van der Waals surface area (Å²) in [5.74, 6) is -1.67. The first-order chi connectivity index (χ1) is 16.8. The number of likely N-dealkylation sites (N-methyl/N-ethyl adjacent to an activating group) is 1. The van der Waals surface area contributed by atoms with Crippen LogP contribution in [0.5, 0.6) is 0 Å². The number of allylic oxidation sites excluding steroid dienone is 1. The zero-order valence-electron chi connectivity index (χ0n) is 23.6. The Bertz CT molecular complexity index is 769. The van der Waals surface area contributed by atoms with Gasteiger partial charge in [0.05, 0.1) is 24.2 Å². The van der Waals surface area contributed by atoms with Crippen molar-refractivity contribution in [3.05, 3.63) is 11.6 Å². The Morgan fingerprint density at radius 1 is 1.06 bits per heavy atom. The van der Waals surface area contributed by atoms with Gasteiger partial charge in [0.25, 0.3) is 0 Å². The molecule has 0 aromatic rings. The van der Waals surface area contributed by atoms with E-state index in [0.29, 0.717) is 24.8 Å². The van der Waals surface area contributed by atoms with E-state index in [1.165, 1.54) is 0 Å². The zero-order chi connectivity index (χ0) is 27.3. The Labute approximate surface area is 217 Å². The highest BCUT2D eigenvalue weighted by Gasteiger charge is 2.41. The van der Waals surface area contributed by atoms with Crippen molar-refractivity contribution in [2.24, 2.45) is 23.7 Å². The van der Waals surface area contributed by atoms with Crippen molar-refractivity contribution in [3.8, 4) is 0 Å². The zero-order valence-corrected chi connectivity index (χ0v) is 23.6. The lowest BCUT2D eigenvalue weighted by molar-refractivity contribution is -0.276. The molecule has 2 aliphatic heterocycles. The topological polar surface area (TPSA) is 106 Å². The summed E-state index contributed by atoms with van der Waals surface area (Å²) in [6.45, 7) is 13.2. The number of ether oxygens (including phenoxy) is 3. The number of carbonyl (C=O) groups is 2. The van der Waals surface area contributed by atoms with Crippen LogP contribution in [-0.2, 0) is 23.8 Å². The summed E-state index contributed by atoms with van der Waals surface area (Å²) in [6.07, 6.45) is 0.0937. The number of esters is 1.